The number of carbonyl (C=O) groups is 1. The maximum absolute atomic E-state index is 11.2. The van der Waals surface area contributed by atoms with E-state index in [9.17, 15) is 4.79 Å². The first-order chi connectivity index (χ1) is 7.09. The first-order valence-electron chi connectivity index (χ1n) is 4.72. The van der Waals surface area contributed by atoms with Crippen LogP contribution in [0.4, 0.5) is 0 Å². The molecule has 1 rings (SSSR count). The van der Waals surface area contributed by atoms with Crippen molar-refractivity contribution in [2.75, 3.05) is 0 Å². The van der Waals surface area contributed by atoms with Crippen molar-refractivity contribution in [1.29, 1.82) is 0 Å². The molecular formula is C12H14O2Se. The first-order valence-corrected chi connectivity index (χ1v) is 6.44. The number of hydrogen-bond acceptors (Lipinski definition) is 2. The van der Waals surface area contributed by atoms with E-state index in [4.69, 9.17) is 5.11 Å². The van der Waals surface area contributed by atoms with Gasteiger partial charge in [-0.3, -0.25) is 0 Å². The van der Waals surface area contributed by atoms with Crippen LogP contribution in [-0.4, -0.2) is 32.0 Å². The summed E-state index contributed by atoms with van der Waals surface area (Å²) in [5.74, 6) is -0.217. The minimum absolute atomic E-state index is 0.172. The van der Waals surface area contributed by atoms with E-state index in [-0.39, 0.29) is 20.7 Å². The van der Waals surface area contributed by atoms with Crippen molar-refractivity contribution in [1.82, 2.24) is 0 Å². The van der Waals surface area contributed by atoms with Gasteiger partial charge in [-0.15, -0.1) is 0 Å². The fraction of sp³-hybridized carbons (Fsp3) is 0.250. The van der Waals surface area contributed by atoms with Crippen molar-refractivity contribution in [3.05, 3.63) is 40.9 Å². The van der Waals surface area contributed by atoms with Crippen LogP contribution in [0.5, 0.6) is 0 Å². The maximum atomic E-state index is 11.2. The summed E-state index contributed by atoms with van der Waals surface area (Å²) in [6.07, 6.45) is 0.643. The Morgan fingerprint density at radius 2 is 2.00 bits per heavy atom. The first kappa shape index (κ1) is 12.2. The Labute approximate surface area is 96.2 Å². The summed E-state index contributed by atoms with van der Waals surface area (Å²) in [5.41, 5.74) is 0. The van der Waals surface area contributed by atoms with Crippen molar-refractivity contribution in [2.24, 2.45) is 0 Å². The van der Waals surface area contributed by atoms with Crippen molar-refractivity contribution >= 4 is 25.2 Å². The standard InChI is InChI=1S/C12H14O2Se/c1-9(8-12(14)10(2)13)15-11-6-4-3-5-7-11/h3-8,10,13H,1-2H3/b9-8-. The second kappa shape index (κ2) is 5.86. The van der Waals surface area contributed by atoms with Crippen LogP contribution in [0.25, 0.3) is 0 Å². The molecule has 1 aromatic rings. The molecule has 0 aliphatic carbocycles. The van der Waals surface area contributed by atoms with Gasteiger partial charge in [-0.05, 0) is 0 Å². The van der Waals surface area contributed by atoms with Gasteiger partial charge in [0, 0.05) is 0 Å². The summed E-state index contributed by atoms with van der Waals surface area (Å²) < 4.78 is 2.26. The van der Waals surface area contributed by atoms with Gasteiger partial charge in [-0.2, -0.15) is 0 Å². The molecule has 0 bridgehead atoms. The molecule has 0 fully saturated rings. The molecule has 1 N–H and O–H groups in total. The van der Waals surface area contributed by atoms with Gasteiger partial charge in [0.25, 0.3) is 0 Å². The van der Waals surface area contributed by atoms with Crippen molar-refractivity contribution < 1.29 is 9.90 Å². The quantitative estimate of drug-likeness (QED) is 0.650. The molecule has 0 radical (unpaired) electrons. The molecule has 80 valence electrons. The van der Waals surface area contributed by atoms with E-state index >= 15 is 0 Å². The number of allylic oxidation sites excluding steroid dienone is 1. The fourth-order valence-corrected chi connectivity index (χ4v) is 2.79. The van der Waals surface area contributed by atoms with E-state index in [1.54, 1.807) is 0 Å². The monoisotopic (exact) mass is 270 g/mol. The van der Waals surface area contributed by atoms with Gasteiger partial charge in [0.1, 0.15) is 0 Å². The Kier molecular flexibility index (Phi) is 4.76. The third-order valence-corrected chi connectivity index (χ3v) is 3.77. The van der Waals surface area contributed by atoms with Gasteiger partial charge >= 0.3 is 95.9 Å². The summed E-state index contributed by atoms with van der Waals surface area (Å²) in [6.45, 7) is 3.41. The van der Waals surface area contributed by atoms with Gasteiger partial charge in [-0.1, -0.05) is 0 Å². The molecule has 0 heterocycles. The van der Waals surface area contributed by atoms with Crippen LogP contribution in [0.3, 0.4) is 0 Å². The van der Waals surface area contributed by atoms with Gasteiger partial charge in [0.15, 0.2) is 0 Å². The average Bonchev–Trinajstić information content (AvgIpc) is 2.18. The van der Waals surface area contributed by atoms with Gasteiger partial charge in [-0.25, -0.2) is 0 Å². The predicted molar refractivity (Wildman–Crippen MR) is 62.3 cm³/mol. The zero-order valence-corrected chi connectivity index (χ0v) is 10.5. The average molecular weight is 269 g/mol. The molecule has 1 aromatic carbocycles. The zero-order chi connectivity index (χ0) is 11.3. The van der Waals surface area contributed by atoms with Gasteiger partial charge in [0.2, 0.25) is 0 Å². The predicted octanol–water partition coefficient (Wildman–Crippen LogP) is 0.870. The molecule has 0 saturated carbocycles. The Hall–Kier alpha value is -0.891. The van der Waals surface area contributed by atoms with Gasteiger partial charge < -0.3 is 0 Å². The summed E-state index contributed by atoms with van der Waals surface area (Å²) in [6, 6.07) is 10.0. The van der Waals surface area contributed by atoms with Crippen molar-refractivity contribution in [2.45, 2.75) is 20.0 Å². The van der Waals surface area contributed by atoms with Crippen LogP contribution >= 0.6 is 0 Å². The summed E-state index contributed by atoms with van der Waals surface area (Å²) in [5, 5.41) is 9.05. The van der Waals surface area contributed by atoms with Gasteiger partial charge in [0.05, 0.1) is 0 Å². The topological polar surface area (TPSA) is 37.3 Å². The van der Waals surface area contributed by atoms with Crippen molar-refractivity contribution in [3.63, 3.8) is 0 Å². The van der Waals surface area contributed by atoms with Crippen LogP contribution in [0, 0.1) is 0 Å². The second-order valence-corrected chi connectivity index (χ2v) is 6.02. The SMILES string of the molecule is C/C(=C/C(=O)C(C)O)[Se]c1ccccc1. The normalized spacial score (nSPS) is 13.7. The molecule has 0 saturated heterocycles. The summed E-state index contributed by atoms with van der Waals surface area (Å²) in [4.78, 5) is 11.2. The molecule has 1 unspecified atom stereocenters. The third kappa shape index (κ3) is 4.43. The minimum atomic E-state index is -0.897. The number of benzene rings is 1. The summed E-state index contributed by atoms with van der Waals surface area (Å²) in [7, 11) is 0. The van der Waals surface area contributed by atoms with Crippen LogP contribution < -0.4 is 4.46 Å². The molecule has 0 amide bonds. The number of ketones is 1. The Bertz CT molecular complexity index is 355. The molecule has 0 aliphatic heterocycles. The number of carbonyl (C=O) groups excluding carboxylic acids is 1. The van der Waals surface area contributed by atoms with E-state index < -0.39 is 6.10 Å². The number of hydrogen-bond donors (Lipinski definition) is 1. The second-order valence-electron chi connectivity index (χ2n) is 3.25. The zero-order valence-electron chi connectivity index (χ0n) is 8.81. The van der Waals surface area contributed by atoms with E-state index in [0.717, 1.165) is 4.47 Å². The number of rotatable bonds is 4. The van der Waals surface area contributed by atoms with Crippen LogP contribution in [-0.2, 0) is 4.79 Å². The molecular weight excluding hydrogens is 255 g/mol. The van der Waals surface area contributed by atoms with E-state index in [2.05, 4.69) is 0 Å². The fourth-order valence-electron chi connectivity index (χ4n) is 1.02. The van der Waals surface area contributed by atoms with Crippen molar-refractivity contribution in [3.8, 4) is 0 Å². The molecule has 0 spiro atoms. The number of aliphatic hydroxyl groups excluding tert-OH is 1. The molecule has 2 nitrogen and oxygen atoms in total. The Morgan fingerprint density at radius 3 is 2.53 bits per heavy atom. The Morgan fingerprint density at radius 1 is 1.40 bits per heavy atom. The van der Waals surface area contributed by atoms with Crippen LogP contribution in [0.15, 0.2) is 40.9 Å². The Balaban J connectivity index is 2.63. The van der Waals surface area contributed by atoms with Crippen LogP contribution in [0.1, 0.15) is 13.8 Å². The molecule has 3 heteroatoms. The summed E-state index contributed by atoms with van der Waals surface area (Å²) >= 11 is 0.172. The molecule has 1 atom stereocenters. The van der Waals surface area contributed by atoms with Crippen LogP contribution in [0.2, 0.25) is 0 Å². The third-order valence-electron chi connectivity index (χ3n) is 1.78. The number of aliphatic hydroxyl groups is 1. The van der Waals surface area contributed by atoms with E-state index in [1.165, 1.54) is 17.5 Å². The molecule has 15 heavy (non-hydrogen) atoms. The van der Waals surface area contributed by atoms with E-state index in [0.29, 0.717) is 0 Å². The van der Waals surface area contributed by atoms with E-state index in [1.807, 2.05) is 37.3 Å². The molecule has 0 aliphatic rings. The molecule has 0 aromatic heterocycles.